The second kappa shape index (κ2) is 7.34. The van der Waals surface area contributed by atoms with E-state index in [9.17, 15) is 13.2 Å². The summed E-state index contributed by atoms with van der Waals surface area (Å²) >= 11 is 6.09. The van der Waals surface area contributed by atoms with Crippen molar-refractivity contribution in [3.05, 3.63) is 58.7 Å². The summed E-state index contributed by atoms with van der Waals surface area (Å²) in [6, 6.07) is 11.5. The molecule has 0 aliphatic rings. The maximum Gasteiger partial charge on any atom is 0.283 e. The fourth-order valence-corrected chi connectivity index (χ4v) is 4.83. The van der Waals surface area contributed by atoms with Gasteiger partial charge < -0.3 is 4.98 Å². The van der Waals surface area contributed by atoms with E-state index in [1.54, 1.807) is 43.3 Å². The van der Waals surface area contributed by atoms with Crippen LogP contribution in [0.1, 0.15) is 29.9 Å². The minimum Gasteiger partial charge on any atom is -0.349 e. The van der Waals surface area contributed by atoms with Crippen LogP contribution < -0.4 is 10.9 Å². The number of hydrogen-bond acceptors (Lipinski definition) is 4. The molecule has 0 aliphatic carbocycles. The average Bonchev–Trinajstić information content (AvgIpc) is 2.99. The zero-order chi connectivity index (χ0) is 19.8. The zero-order valence-corrected chi connectivity index (χ0v) is 16.7. The number of fused-ring (bicyclic) bond motifs is 1. The van der Waals surface area contributed by atoms with Crippen LogP contribution in [0, 0.1) is 6.92 Å². The summed E-state index contributed by atoms with van der Waals surface area (Å²) in [6.45, 7) is 5.43. The van der Waals surface area contributed by atoms with Gasteiger partial charge in [-0.2, -0.15) is 0 Å². The van der Waals surface area contributed by atoms with Crippen molar-refractivity contribution in [1.29, 1.82) is 0 Å². The molecule has 0 fully saturated rings. The Hall–Kier alpha value is -2.35. The van der Waals surface area contributed by atoms with E-state index in [0.29, 0.717) is 21.5 Å². The topological polar surface area (TPSA) is 91.1 Å². The predicted molar refractivity (Wildman–Crippen MR) is 106 cm³/mol. The van der Waals surface area contributed by atoms with E-state index in [4.69, 9.17) is 11.6 Å². The molecule has 27 heavy (non-hydrogen) atoms. The number of carbonyl (C=O) groups is 1. The minimum absolute atomic E-state index is 0.0100. The number of sulfone groups is 1. The minimum atomic E-state index is -3.96. The Morgan fingerprint density at radius 3 is 2.52 bits per heavy atom. The molecule has 0 radical (unpaired) electrons. The van der Waals surface area contributed by atoms with Crippen LogP contribution >= 0.6 is 11.6 Å². The number of aromatic amines is 1. The fourth-order valence-electron chi connectivity index (χ4n) is 2.82. The van der Waals surface area contributed by atoms with Gasteiger partial charge in [-0.3, -0.25) is 10.2 Å². The molecule has 1 aromatic heterocycles. The first-order valence-electron chi connectivity index (χ1n) is 8.39. The number of halogens is 1. The first kappa shape index (κ1) is 19.4. The van der Waals surface area contributed by atoms with Crippen molar-refractivity contribution in [3.8, 4) is 0 Å². The molecular weight excluding hydrogens is 386 g/mol. The molecule has 6 nitrogen and oxygen atoms in total. The summed E-state index contributed by atoms with van der Waals surface area (Å²) in [6.07, 6.45) is 0. The highest BCUT2D eigenvalue weighted by Gasteiger charge is 2.30. The van der Waals surface area contributed by atoms with E-state index in [1.807, 2.05) is 13.8 Å². The molecule has 0 saturated carbocycles. The highest BCUT2D eigenvalue weighted by Crippen LogP contribution is 2.34. The average molecular weight is 406 g/mol. The maximum absolute atomic E-state index is 13.4. The molecule has 3 rings (SSSR count). The standard InChI is InChI=1S/C19H20ClN3O3S/c1-11(2)22-23-19(24)17-18(14-10-13(20)8-9-15(14)21-17)27(25,26)16-7-5-4-6-12(16)3/h4-11,21-22H,1-3H3,(H,23,24). The molecule has 3 N–H and O–H groups in total. The van der Waals surface area contributed by atoms with Crippen LogP contribution in [0.5, 0.6) is 0 Å². The van der Waals surface area contributed by atoms with Crippen LogP contribution in [0.25, 0.3) is 10.9 Å². The summed E-state index contributed by atoms with van der Waals surface area (Å²) < 4.78 is 26.9. The molecule has 0 unspecified atom stereocenters. The first-order valence-corrected chi connectivity index (χ1v) is 10.3. The van der Waals surface area contributed by atoms with Gasteiger partial charge in [-0.1, -0.05) is 29.8 Å². The molecule has 1 amide bonds. The maximum atomic E-state index is 13.4. The molecular formula is C19H20ClN3O3S. The lowest BCUT2D eigenvalue weighted by molar-refractivity contribution is 0.0920. The lowest BCUT2D eigenvalue weighted by Gasteiger charge is -2.12. The predicted octanol–water partition coefficient (Wildman–Crippen LogP) is 3.61. The van der Waals surface area contributed by atoms with Crippen molar-refractivity contribution >= 4 is 38.2 Å². The second-order valence-corrected chi connectivity index (χ2v) is 8.83. The molecule has 1 heterocycles. The van der Waals surface area contributed by atoms with Crippen LogP contribution in [0.4, 0.5) is 0 Å². The Kier molecular flexibility index (Phi) is 5.28. The van der Waals surface area contributed by atoms with Gasteiger partial charge in [0, 0.05) is 22.0 Å². The molecule has 0 atom stereocenters. The highest BCUT2D eigenvalue weighted by atomic mass is 35.5. The van der Waals surface area contributed by atoms with Crippen LogP contribution in [0.2, 0.25) is 5.02 Å². The molecule has 8 heteroatoms. The quantitative estimate of drug-likeness (QED) is 0.565. The lowest BCUT2D eigenvalue weighted by Crippen LogP contribution is -2.42. The Labute approximate surface area is 162 Å². The van der Waals surface area contributed by atoms with Crippen molar-refractivity contribution in [2.24, 2.45) is 0 Å². The van der Waals surface area contributed by atoms with Gasteiger partial charge >= 0.3 is 0 Å². The van der Waals surface area contributed by atoms with Crippen molar-refractivity contribution in [3.63, 3.8) is 0 Å². The van der Waals surface area contributed by atoms with E-state index in [1.165, 1.54) is 6.07 Å². The Balaban J connectivity index is 2.26. The van der Waals surface area contributed by atoms with E-state index >= 15 is 0 Å². The number of carbonyl (C=O) groups excluding carboxylic acids is 1. The van der Waals surface area contributed by atoms with Gasteiger partial charge in [-0.05, 0) is 50.6 Å². The van der Waals surface area contributed by atoms with E-state index < -0.39 is 15.7 Å². The SMILES string of the molecule is Cc1ccccc1S(=O)(=O)c1c(C(=O)NNC(C)C)[nH]c2ccc(Cl)cc12. The molecule has 0 aliphatic heterocycles. The summed E-state index contributed by atoms with van der Waals surface area (Å²) in [5.74, 6) is -0.566. The number of nitrogens with one attached hydrogen (secondary N) is 3. The number of hydrogen-bond donors (Lipinski definition) is 3. The summed E-state index contributed by atoms with van der Waals surface area (Å²) in [5.41, 5.74) is 6.40. The lowest BCUT2D eigenvalue weighted by atomic mass is 10.2. The number of hydrazine groups is 1. The third kappa shape index (κ3) is 3.71. The smallest absolute Gasteiger partial charge is 0.283 e. The molecule has 142 valence electrons. The van der Waals surface area contributed by atoms with Gasteiger partial charge in [-0.25, -0.2) is 13.8 Å². The van der Waals surface area contributed by atoms with Crippen molar-refractivity contribution in [2.45, 2.75) is 36.6 Å². The molecule has 2 aromatic carbocycles. The number of amides is 1. The van der Waals surface area contributed by atoms with Crippen molar-refractivity contribution in [2.75, 3.05) is 0 Å². The summed E-state index contributed by atoms with van der Waals surface area (Å²) in [7, 11) is -3.96. The van der Waals surface area contributed by atoms with E-state index in [0.717, 1.165) is 0 Å². The normalized spacial score (nSPS) is 11.9. The van der Waals surface area contributed by atoms with Crippen LogP contribution in [0.15, 0.2) is 52.3 Å². The second-order valence-electron chi connectivity index (χ2n) is 6.54. The van der Waals surface area contributed by atoms with Crippen molar-refractivity contribution in [1.82, 2.24) is 15.8 Å². The third-order valence-corrected chi connectivity index (χ3v) is 6.30. The van der Waals surface area contributed by atoms with E-state index in [2.05, 4.69) is 15.8 Å². The van der Waals surface area contributed by atoms with Crippen LogP contribution in [-0.4, -0.2) is 25.4 Å². The largest absolute Gasteiger partial charge is 0.349 e. The Morgan fingerprint density at radius 2 is 1.85 bits per heavy atom. The zero-order valence-electron chi connectivity index (χ0n) is 15.1. The Morgan fingerprint density at radius 1 is 1.15 bits per heavy atom. The third-order valence-electron chi connectivity index (χ3n) is 4.07. The highest BCUT2D eigenvalue weighted by molar-refractivity contribution is 7.91. The van der Waals surface area contributed by atoms with Gasteiger partial charge in [0.2, 0.25) is 9.84 Å². The van der Waals surface area contributed by atoms with Crippen molar-refractivity contribution < 1.29 is 13.2 Å². The summed E-state index contributed by atoms with van der Waals surface area (Å²) in [5, 5.41) is 0.760. The molecule has 0 saturated heterocycles. The Bertz CT molecular complexity index is 1120. The van der Waals surface area contributed by atoms with Crippen LogP contribution in [0.3, 0.4) is 0 Å². The number of H-pyrrole nitrogens is 1. The van der Waals surface area contributed by atoms with Gasteiger partial charge in [0.15, 0.2) is 0 Å². The van der Waals surface area contributed by atoms with Gasteiger partial charge in [0.05, 0.1) is 4.90 Å². The molecule has 0 bridgehead atoms. The summed E-state index contributed by atoms with van der Waals surface area (Å²) in [4.78, 5) is 15.7. The molecule has 3 aromatic rings. The first-order chi connectivity index (χ1) is 12.7. The van der Waals surface area contributed by atoms with Gasteiger partial charge in [-0.15, -0.1) is 0 Å². The van der Waals surface area contributed by atoms with Crippen LogP contribution in [-0.2, 0) is 9.84 Å². The number of benzene rings is 2. The van der Waals surface area contributed by atoms with Gasteiger partial charge in [0.25, 0.3) is 5.91 Å². The molecule has 0 spiro atoms. The number of aryl methyl sites for hydroxylation is 1. The number of aromatic nitrogens is 1. The van der Waals surface area contributed by atoms with Gasteiger partial charge in [0.1, 0.15) is 10.6 Å². The number of rotatable bonds is 5. The monoisotopic (exact) mass is 405 g/mol. The van der Waals surface area contributed by atoms with E-state index in [-0.39, 0.29) is 21.5 Å². The fraction of sp³-hybridized carbons (Fsp3) is 0.211.